The summed E-state index contributed by atoms with van der Waals surface area (Å²) >= 11 is 5.79. The molecule has 3 amide bonds. The van der Waals surface area contributed by atoms with Crippen LogP contribution in [0, 0.1) is 5.82 Å². The van der Waals surface area contributed by atoms with Crippen molar-refractivity contribution >= 4 is 40.7 Å². The average molecular weight is 474 g/mol. The first-order valence-electron chi connectivity index (χ1n) is 10.8. The molecule has 0 unspecified atom stereocenters. The molecule has 2 aliphatic rings. The zero-order chi connectivity index (χ0) is 23.8. The van der Waals surface area contributed by atoms with Gasteiger partial charge in [0.15, 0.2) is 5.60 Å². The molecule has 2 heterocycles. The van der Waals surface area contributed by atoms with E-state index in [0.29, 0.717) is 30.2 Å². The van der Waals surface area contributed by atoms with Gasteiger partial charge in [-0.05, 0) is 69.5 Å². The van der Waals surface area contributed by atoms with Crippen molar-refractivity contribution < 1.29 is 23.5 Å². The second kappa shape index (κ2) is 9.02. The quantitative estimate of drug-likeness (QED) is 0.720. The van der Waals surface area contributed by atoms with Gasteiger partial charge in [-0.2, -0.15) is 0 Å². The van der Waals surface area contributed by atoms with Gasteiger partial charge in [-0.3, -0.25) is 19.3 Å². The fraction of sp³-hybridized carbons (Fsp3) is 0.375. The number of carbonyl (C=O) groups excluding carboxylic acids is 3. The first-order valence-corrected chi connectivity index (χ1v) is 11.2. The minimum Gasteiger partial charge on any atom is -0.476 e. The molecule has 0 radical (unpaired) electrons. The summed E-state index contributed by atoms with van der Waals surface area (Å²) in [5, 5.41) is 2.55. The third kappa shape index (κ3) is 4.80. The van der Waals surface area contributed by atoms with Gasteiger partial charge in [0.2, 0.25) is 5.91 Å². The zero-order valence-corrected chi connectivity index (χ0v) is 19.2. The van der Waals surface area contributed by atoms with E-state index in [2.05, 4.69) is 5.32 Å². The molecule has 9 heteroatoms. The molecule has 0 spiro atoms. The number of carbonyl (C=O) groups is 3. The van der Waals surface area contributed by atoms with Crippen molar-refractivity contribution in [1.82, 2.24) is 4.90 Å². The fourth-order valence-electron chi connectivity index (χ4n) is 4.02. The Morgan fingerprint density at radius 2 is 1.85 bits per heavy atom. The van der Waals surface area contributed by atoms with Crippen molar-refractivity contribution in [2.24, 2.45) is 0 Å². The Balaban J connectivity index is 1.61. The number of hydrogen-bond donors (Lipinski definition) is 1. The van der Waals surface area contributed by atoms with E-state index >= 15 is 0 Å². The Hall–Kier alpha value is -3.13. The summed E-state index contributed by atoms with van der Waals surface area (Å²) in [4.78, 5) is 42.0. The van der Waals surface area contributed by atoms with Crippen LogP contribution in [0.4, 0.5) is 15.8 Å². The van der Waals surface area contributed by atoms with Crippen LogP contribution in [0.5, 0.6) is 5.75 Å². The Labute approximate surface area is 196 Å². The van der Waals surface area contributed by atoms with Crippen molar-refractivity contribution in [3.63, 3.8) is 0 Å². The van der Waals surface area contributed by atoms with Crippen LogP contribution >= 0.6 is 11.6 Å². The van der Waals surface area contributed by atoms with Gasteiger partial charge < -0.3 is 15.0 Å². The van der Waals surface area contributed by atoms with Crippen molar-refractivity contribution in [2.45, 2.75) is 38.7 Å². The lowest BCUT2D eigenvalue weighted by molar-refractivity contribution is -0.137. The van der Waals surface area contributed by atoms with Crippen molar-refractivity contribution in [3.8, 4) is 5.75 Å². The van der Waals surface area contributed by atoms with E-state index in [0.717, 1.165) is 25.3 Å². The largest absolute Gasteiger partial charge is 0.476 e. The molecule has 2 aromatic rings. The minimum absolute atomic E-state index is 0.109. The standard InChI is InChI=1S/C24H25ClFN3O4/c1-24(2)23(32)29(14-21(30)28-10-4-3-5-11-28)19-12-15(6-9-20(19)33-24)22(31)27-16-7-8-18(26)17(25)13-16/h6-9,12-13H,3-5,10-11,14H2,1-2H3,(H,27,31). The van der Waals surface area contributed by atoms with Crippen LogP contribution in [-0.4, -0.2) is 47.9 Å². The number of nitrogens with one attached hydrogen (secondary N) is 1. The van der Waals surface area contributed by atoms with Gasteiger partial charge in [0.25, 0.3) is 11.8 Å². The molecule has 1 saturated heterocycles. The molecule has 0 aliphatic carbocycles. The molecule has 174 valence electrons. The highest BCUT2D eigenvalue weighted by molar-refractivity contribution is 6.31. The van der Waals surface area contributed by atoms with E-state index in [-0.39, 0.29) is 28.9 Å². The SMILES string of the molecule is CC1(C)Oc2ccc(C(=O)Nc3ccc(F)c(Cl)c3)cc2N(CC(=O)N2CCCCC2)C1=O. The van der Waals surface area contributed by atoms with Gasteiger partial charge in [-0.1, -0.05) is 11.6 Å². The van der Waals surface area contributed by atoms with Gasteiger partial charge in [0.1, 0.15) is 18.1 Å². The first kappa shape index (κ1) is 23.0. The Morgan fingerprint density at radius 3 is 2.55 bits per heavy atom. The fourth-order valence-corrected chi connectivity index (χ4v) is 4.20. The molecule has 0 bridgehead atoms. The Kier molecular flexibility index (Phi) is 6.30. The van der Waals surface area contributed by atoms with E-state index in [1.54, 1.807) is 30.9 Å². The molecular formula is C24H25ClFN3O4. The van der Waals surface area contributed by atoms with Crippen molar-refractivity contribution in [3.05, 3.63) is 52.8 Å². The highest BCUT2D eigenvalue weighted by Crippen LogP contribution is 2.38. The third-order valence-corrected chi connectivity index (χ3v) is 6.11. The maximum absolute atomic E-state index is 13.4. The second-order valence-corrected chi connectivity index (χ2v) is 9.12. The summed E-state index contributed by atoms with van der Waals surface area (Å²) in [5.41, 5.74) is -0.214. The van der Waals surface area contributed by atoms with Crippen LogP contribution < -0.4 is 15.0 Å². The number of halogens is 2. The number of anilines is 2. The summed E-state index contributed by atoms with van der Waals surface area (Å²) in [5.74, 6) is -1.14. The van der Waals surface area contributed by atoms with E-state index in [4.69, 9.17) is 16.3 Å². The monoisotopic (exact) mass is 473 g/mol. The molecule has 0 aromatic heterocycles. The third-order valence-electron chi connectivity index (χ3n) is 5.82. The molecule has 33 heavy (non-hydrogen) atoms. The maximum Gasteiger partial charge on any atom is 0.271 e. The lowest BCUT2D eigenvalue weighted by Crippen LogP contribution is -2.55. The molecular weight excluding hydrogens is 449 g/mol. The number of nitrogens with zero attached hydrogens (tertiary/aromatic N) is 2. The molecule has 2 aliphatic heterocycles. The van der Waals surface area contributed by atoms with Gasteiger partial charge in [-0.15, -0.1) is 0 Å². The topological polar surface area (TPSA) is 79.0 Å². The first-order chi connectivity index (χ1) is 15.7. The van der Waals surface area contributed by atoms with Gasteiger partial charge in [0.05, 0.1) is 10.7 Å². The number of fused-ring (bicyclic) bond motifs is 1. The van der Waals surface area contributed by atoms with Crippen LogP contribution in [0.3, 0.4) is 0 Å². The lowest BCUT2D eigenvalue weighted by Gasteiger charge is -2.39. The summed E-state index contributed by atoms with van der Waals surface area (Å²) < 4.78 is 19.3. The summed E-state index contributed by atoms with van der Waals surface area (Å²) in [6, 6.07) is 8.56. The predicted octanol–water partition coefficient (Wildman–Crippen LogP) is 4.25. The van der Waals surface area contributed by atoms with Gasteiger partial charge in [0, 0.05) is 24.3 Å². The number of rotatable bonds is 4. The normalized spacial score (nSPS) is 17.3. The van der Waals surface area contributed by atoms with Crippen LogP contribution in [0.1, 0.15) is 43.5 Å². The highest BCUT2D eigenvalue weighted by Gasteiger charge is 2.42. The van der Waals surface area contributed by atoms with Crippen LogP contribution in [0.15, 0.2) is 36.4 Å². The maximum atomic E-state index is 13.4. The second-order valence-electron chi connectivity index (χ2n) is 8.71. The van der Waals surface area contributed by atoms with E-state index in [1.807, 2.05) is 0 Å². The number of amides is 3. The Bertz CT molecular complexity index is 1110. The van der Waals surface area contributed by atoms with Gasteiger partial charge in [-0.25, -0.2) is 4.39 Å². The van der Waals surface area contributed by atoms with E-state index < -0.39 is 17.3 Å². The van der Waals surface area contributed by atoms with Crippen LogP contribution in [0.2, 0.25) is 5.02 Å². The van der Waals surface area contributed by atoms with E-state index in [1.165, 1.54) is 23.1 Å². The smallest absolute Gasteiger partial charge is 0.271 e. The molecule has 2 aromatic carbocycles. The molecule has 7 nitrogen and oxygen atoms in total. The zero-order valence-electron chi connectivity index (χ0n) is 18.5. The average Bonchev–Trinajstić information content (AvgIpc) is 2.79. The molecule has 0 atom stereocenters. The van der Waals surface area contributed by atoms with E-state index in [9.17, 15) is 18.8 Å². The van der Waals surface area contributed by atoms with Crippen LogP contribution in [0.25, 0.3) is 0 Å². The number of benzene rings is 2. The Morgan fingerprint density at radius 1 is 1.12 bits per heavy atom. The number of hydrogen-bond acceptors (Lipinski definition) is 4. The predicted molar refractivity (Wildman–Crippen MR) is 123 cm³/mol. The number of likely N-dealkylation sites (tertiary alicyclic amines) is 1. The summed E-state index contributed by atoms with van der Waals surface area (Å²) in [6.07, 6.45) is 2.99. The number of ether oxygens (including phenoxy) is 1. The highest BCUT2D eigenvalue weighted by atomic mass is 35.5. The minimum atomic E-state index is -1.15. The number of piperidine rings is 1. The van der Waals surface area contributed by atoms with Gasteiger partial charge >= 0.3 is 0 Å². The van der Waals surface area contributed by atoms with Crippen LogP contribution in [-0.2, 0) is 9.59 Å². The summed E-state index contributed by atoms with van der Waals surface area (Å²) in [6.45, 7) is 4.52. The molecule has 4 rings (SSSR count). The molecule has 1 N–H and O–H groups in total. The lowest BCUT2D eigenvalue weighted by atomic mass is 10.0. The molecule has 1 fully saturated rings. The summed E-state index contributed by atoms with van der Waals surface area (Å²) in [7, 11) is 0. The van der Waals surface area contributed by atoms with Crippen molar-refractivity contribution in [1.29, 1.82) is 0 Å². The van der Waals surface area contributed by atoms with Crippen molar-refractivity contribution in [2.75, 3.05) is 29.9 Å². The molecule has 0 saturated carbocycles.